The summed E-state index contributed by atoms with van der Waals surface area (Å²) in [5.41, 5.74) is 0.0369. The van der Waals surface area contributed by atoms with Crippen molar-refractivity contribution in [2.24, 2.45) is 4.99 Å². The van der Waals surface area contributed by atoms with E-state index in [0.717, 1.165) is 5.56 Å². The molecular formula is C11H10Cl2N2O. The molecule has 2 rings (SSSR count). The zero-order valence-electron chi connectivity index (χ0n) is 8.84. The number of hydrogen-bond acceptors (Lipinski definition) is 2. The Morgan fingerprint density at radius 1 is 1.25 bits per heavy atom. The Morgan fingerprint density at radius 2 is 1.94 bits per heavy atom. The summed E-state index contributed by atoms with van der Waals surface area (Å²) < 4.78 is 0. The largest absolute Gasteiger partial charge is 0.308 e. The molecule has 5 heteroatoms. The van der Waals surface area contributed by atoms with E-state index in [1.54, 1.807) is 32.0 Å². The minimum atomic E-state index is -0.721. The first-order valence-corrected chi connectivity index (χ1v) is 5.52. The summed E-state index contributed by atoms with van der Waals surface area (Å²) in [6.45, 7) is 3.51. The van der Waals surface area contributed by atoms with Crippen molar-refractivity contribution in [3.05, 3.63) is 33.8 Å². The normalized spacial score (nSPS) is 18.2. The second kappa shape index (κ2) is 3.75. The molecule has 0 bridgehead atoms. The third-order valence-corrected chi connectivity index (χ3v) is 3.11. The highest BCUT2D eigenvalue weighted by Gasteiger charge is 2.34. The van der Waals surface area contributed by atoms with Gasteiger partial charge in [-0.15, -0.1) is 0 Å². The molecule has 1 heterocycles. The van der Waals surface area contributed by atoms with Crippen LogP contribution in [0.25, 0.3) is 0 Å². The molecule has 0 aromatic heterocycles. The van der Waals surface area contributed by atoms with Crippen LogP contribution in [0.1, 0.15) is 19.4 Å². The van der Waals surface area contributed by atoms with Gasteiger partial charge in [-0.2, -0.15) is 0 Å². The molecule has 1 N–H and O–H groups in total. The van der Waals surface area contributed by atoms with Crippen LogP contribution in [0.4, 0.5) is 0 Å². The number of nitrogens with one attached hydrogen (secondary N) is 1. The number of carbonyl (C=O) groups excluding carboxylic acids is 1. The lowest BCUT2D eigenvalue weighted by atomic mass is 10.1. The maximum absolute atomic E-state index is 11.5. The Morgan fingerprint density at radius 3 is 2.44 bits per heavy atom. The van der Waals surface area contributed by atoms with Gasteiger partial charge in [0.25, 0.3) is 5.91 Å². The standard InChI is InChI=1S/C11H10Cl2N2O/c1-11(2)10(16)14-9(15-11)6-3-4-7(12)8(13)5-6/h3-5H,1-2H3,(H,14,15,16). The number of amides is 1. The average Bonchev–Trinajstić information content (AvgIpc) is 2.46. The number of benzene rings is 1. The molecule has 0 atom stereocenters. The Bertz CT molecular complexity index is 495. The van der Waals surface area contributed by atoms with Crippen LogP contribution >= 0.6 is 23.2 Å². The smallest absolute Gasteiger partial charge is 0.252 e. The monoisotopic (exact) mass is 256 g/mol. The SMILES string of the molecule is CC1(C)N=C(c2ccc(Cl)c(Cl)c2)NC1=O. The molecule has 1 aromatic carbocycles. The van der Waals surface area contributed by atoms with Crippen molar-refractivity contribution in [1.29, 1.82) is 0 Å². The summed E-state index contributed by atoms with van der Waals surface area (Å²) in [7, 11) is 0. The van der Waals surface area contributed by atoms with Crippen molar-refractivity contribution in [3.63, 3.8) is 0 Å². The van der Waals surface area contributed by atoms with E-state index in [0.29, 0.717) is 15.9 Å². The Hall–Kier alpha value is -1.06. The third-order valence-electron chi connectivity index (χ3n) is 2.37. The van der Waals surface area contributed by atoms with Gasteiger partial charge in [-0.3, -0.25) is 9.79 Å². The number of amidine groups is 1. The number of halogens is 2. The van der Waals surface area contributed by atoms with E-state index < -0.39 is 5.54 Å². The predicted molar refractivity (Wildman–Crippen MR) is 65.2 cm³/mol. The van der Waals surface area contributed by atoms with Gasteiger partial charge in [-0.1, -0.05) is 23.2 Å². The fourth-order valence-electron chi connectivity index (χ4n) is 1.40. The lowest BCUT2D eigenvalue weighted by Gasteiger charge is -2.07. The number of rotatable bonds is 1. The van der Waals surface area contributed by atoms with Gasteiger partial charge < -0.3 is 5.32 Å². The fraction of sp³-hybridized carbons (Fsp3) is 0.273. The van der Waals surface area contributed by atoms with Crippen LogP contribution in [0, 0.1) is 0 Å². The van der Waals surface area contributed by atoms with Gasteiger partial charge in [0, 0.05) is 5.56 Å². The maximum atomic E-state index is 11.5. The average molecular weight is 257 g/mol. The number of nitrogens with zero attached hydrogens (tertiary/aromatic N) is 1. The molecule has 1 amide bonds. The summed E-state index contributed by atoms with van der Waals surface area (Å²) in [6, 6.07) is 5.14. The molecule has 3 nitrogen and oxygen atoms in total. The molecule has 0 unspecified atom stereocenters. The molecule has 0 saturated heterocycles. The van der Waals surface area contributed by atoms with Crippen molar-refractivity contribution in [2.45, 2.75) is 19.4 Å². The van der Waals surface area contributed by atoms with E-state index in [4.69, 9.17) is 23.2 Å². The molecule has 0 fully saturated rings. The topological polar surface area (TPSA) is 41.5 Å². The van der Waals surface area contributed by atoms with Gasteiger partial charge in [-0.25, -0.2) is 0 Å². The van der Waals surface area contributed by atoms with Crippen LogP contribution in [0.15, 0.2) is 23.2 Å². The summed E-state index contributed by atoms with van der Waals surface area (Å²) in [5, 5.41) is 3.64. The Balaban J connectivity index is 2.40. The van der Waals surface area contributed by atoms with Crippen LogP contribution in [0.3, 0.4) is 0 Å². The number of hydrogen-bond donors (Lipinski definition) is 1. The molecule has 16 heavy (non-hydrogen) atoms. The van der Waals surface area contributed by atoms with Crippen molar-refractivity contribution in [3.8, 4) is 0 Å². The first-order chi connectivity index (χ1) is 7.40. The summed E-state index contributed by atoms with van der Waals surface area (Å²) in [6.07, 6.45) is 0. The molecule has 0 saturated carbocycles. The van der Waals surface area contributed by atoms with Crippen molar-refractivity contribution in [2.75, 3.05) is 0 Å². The molecule has 1 aliphatic rings. The highest BCUT2D eigenvalue weighted by atomic mass is 35.5. The molecular weight excluding hydrogens is 247 g/mol. The highest BCUT2D eigenvalue weighted by Crippen LogP contribution is 2.24. The summed E-state index contributed by atoms with van der Waals surface area (Å²) in [4.78, 5) is 15.8. The van der Waals surface area contributed by atoms with Crippen LogP contribution in [-0.2, 0) is 4.79 Å². The summed E-state index contributed by atoms with van der Waals surface area (Å²) >= 11 is 11.7. The Labute approximate surface area is 103 Å². The van der Waals surface area contributed by atoms with Crippen molar-refractivity contribution >= 4 is 34.9 Å². The fourth-order valence-corrected chi connectivity index (χ4v) is 1.70. The summed E-state index contributed by atoms with van der Waals surface area (Å²) in [5.74, 6) is 0.419. The van der Waals surface area contributed by atoms with E-state index in [2.05, 4.69) is 10.3 Å². The van der Waals surface area contributed by atoms with Crippen LogP contribution in [0.5, 0.6) is 0 Å². The van der Waals surface area contributed by atoms with Gasteiger partial charge in [0.1, 0.15) is 11.4 Å². The first kappa shape index (κ1) is 11.4. The van der Waals surface area contributed by atoms with Crippen molar-refractivity contribution < 1.29 is 4.79 Å². The van der Waals surface area contributed by atoms with Gasteiger partial charge in [0.2, 0.25) is 0 Å². The molecule has 84 valence electrons. The van der Waals surface area contributed by atoms with E-state index in [1.165, 1.54) is 0 Å². The number of aliphatic imine (C=N–C) groups is 1. The van der Waals surface area contributed by atoms with Crippen LogP contribution in [0.2, 0.25) is 10.0 Å². The van der Waals surface area contributed by atoms with Crippen LogP contribution in [-0.4, -0.2) is 17.3 Å². The van der Waals surface area contributed by atoms with Crippen molar-refractivity contribution in [1.82, 2.24) is 5.32 Å². The zero-order valence-corrected chi connectivity index (χ0v) is 10.4. The van der Waals surface area contributed by atoms with E-state index >= 15 is 0 Å². The van der Waals surface area contributed by atoms with E-state index in [9.17, 15) is 4.79 Å². The highest BCUT2D eigenvalue weighted by molar-refractivity contribution is 6.42. The van der Waals surface area contributed by atoms with Gasteiger partial charge in [0.15, 0.2) is 0 Å². The van der Waals surface area contributed by atoms with Gasteiger partial charge in [-0.05, 0) is 32.0 Å². The molecule has 0 spiro atoms. The van der Waals surface area contributed by atoms with Gasteiger partial charge >= 0.3 is 0 Å². The second-order valence-corrected chi connectivity index (χ2v) is 4.92. The quantitative estimate of drug-likeness (QED) is 0.825. The third kappa shape index (κ3) is 1.93. The van der Waals surface area contributed by atoms with E-state index in [1.807, 2.05) is 0 Å². The zero-order chi connectivity index (χ0) is 11.9. The van der Waals surface area contributed by atoms with Gasteiger partial charge in [0.05, 0.1) is 10.0 Å². The lowest BCUT2D eigenvalue weighted by Crippen LogP contribution is -2.34. The first-order valence-electron chi connectivity index (χ1n) is 4.77. The van der Waals surface area contributed by atoms with Crippen LogP contribution < -0.4 is 5.32 Å². The molecule has 0 radical (unpaired) electrons. The molecule has 1 aliphatic heterocycles. The lowest BCUT2D eigenvalue weighted by molar-refractivity contribution is -0.122. The molecule has 0 aliphatic carbocycles. The molecule has 1 aromatic rings. The second-order valence-electron chi connectivity index (χ2n) is 4.10. The Kier molecular flexibility index (Phi) is 2.68. The number of carbonyl (C=O) groups is 1. The predicted octanol–water partition coefficient (Wildman–Crippen LogP) is 2.65. The maximum Gasteiger partial charge on any atom is 0.252 e. The van der Waals surface area contributed by atoms with E-state index in [-0.39, 0.29) is 5.91 Å². The minimum Gasteiger partial charge on any atom is -0.308 e. The minimum absolute atomic E-state index is 0.117.